The van der Waals surface area contributed by atoms with E-state index in [1.165, 1.54) is 53.2 Å². The quantitative estimate of drug-likeness (QED) is 0.172. The molecule has 0 saturated carbocycles. The first-order valence-electron chi connectivity index (χ1n) is 17.9. The Bertz CT molecular complexity index is 2730. The van der Waals surface area contributed by atoms with Crippen molar-refractivity contribution in [2.24, 2.45) is 0 Å². The highest BCUT2D eigenvalue weighted by molar-refractivity contribution is 7.25. The lowest BCUT2D eigenvalue weighted by atomic mass is 9.82. The molecule has 0 amide bonds. The fourth-order valence-electron chi connectivity index (χ4n) is 8.27. The molecule has 9 aromatic rings. The molecule has 1 aliphatic carbocycles. The molecule has 248 valence electrons. The molecule has 10 rings (SSSR count). The first-order chi connectivity index (χ1) is 25.5. The molecule has 3 heteroatoms. The van der Waals surface area contributed by atoms with Gasteiger partial charge in [0.1, 0.15) is 0 Å². The molecule has 0 atom stereocenters. The maximum atomic E-state index is 2.45. The van der Waals surface area contributed by atoms with Gasteiger partial charge in [0.15, 0.2) is 0 Å². The summed E-state index contributed by atoms with van der Waals surface area (Å²) in [6.45, 7) is 4.72. The van der Waals surface area contributed by atoms with Crippen molar-refractivity contribution in [3.05, 3.63) is 193 Å². The molecular formula is C49H36N2S. The van der Waals surface area contributed by atoms with Crippen molar-refractivity contribution in [1.82, 2.24) is 0 Å². The van der Waals surface area contributed by atoms with Crippen LogP contribution >= 0.6 is 11.3 Å². The number of hydrogen-bond acceptors (Lipinski definition) is 3. The van der Waals surface area contributed by atoms with Crippen LogP contribution in [0.3, 0.4) is 0 Å². The molecule has 1 heterocycles. The second-order valence-corrected chi connectivity index (χ2v) is 15.3. The van der Waals surface area contributed by atoms with Crippen molar-refractivity contribution >= 4 is 76.4 Å². The Morgan fingerprint density at radius 2 is 0.904 bits per heavy atom. The second-order valence-electron chi connectivity index (χ2n) is 14.2. The number of benzene rings is 8. The SMILES string of the molecule is CC1(C)c2ccccc2-c2cc3cc(N(c4ccccc4)c4ccc5c(c4)sc4ccccc45)c(N(c4ccccc4)c4ccccc4)cc3cc21. The number of para-hydroxylation sites is 3. The summed E-state index contributed by atoms with van der Waals surface area (Å²) in [5.74, 6) is 0. The highest BCUT2D eigenvalue weighted by atomic mass is 32.1. The minimum absolute atomic E-state index is 0.0900. The van der Waals surface area contributed by atoms with E-state index < -0.39 is 0 Å². The Balaban J connectivity index is 1.29. The highest BCUT2D eigenvalue weighted by Crippen LogP contribution is 2.53. The van der Waals surface area contributed by atoms with Crippen LogP contribution in [0.25, 0.3) is 42.1 Å². The lowest BCUT2D eigenvalue weighted by Crippen LogP contribution is -2.17. The molecular weight excluding hydrogens is 649 g/mol. The van der Waals surface area contributed by atoms with E-state index in [-0.39, 0.29) is 5.41 Å². The molecule has 0 fully saturated rings. The third-order valence-electron chi connectivity index (χ3n) is 10.8. The predicted molar refractivity (Wildman–Crippen MR) is 224 cm³/mol. The van der Waals surface area contributed by atoms with Gasteiger partial charge in [-0.2, -0.15) is 0 Å². The van der Waals surface area contributed by atoms with Crippen LogP contribution in [-0.4, -0.2) is 0 Å². The van der Waals surface area contributed by atoms with Gasteiger partial charge in [-0.1, -0.05) is 117 Å². The molecule has 0 N–H and O–H groups in total. The van der Waals surface area contributed by atoms with Gasteiger partial charge in [0.25, 0.3) is 0 Å². The summed E-state index contributed by atoms with van der Waals surface area (Å²) in [5, 5.41) is 5.05. The molecule has 0 radical (unpaired) electrons. The lowest BCUT2D eigenvalue weighted by Gasteiger charge is -2.34. The number of thiophene rings is 1. The molecule has 1 aliphatic rings. The fraction of sp³-hybridized carbons (Fsp3) is 0.0612. The summed E-state index contributed by atoms with van der Waals surface area (Å²) in [5.41, 5.74) is 12.0. The summed E-state index contributed by atoms with van der Waals surface area (Å²) in [6, 6.07) is 66.7. The zero-order chi connectivity index (χ0) is 34.8. The number of hydrogen-bond donors (Lipinski definition) is 0. The van der Waals surface area contributed by atoms with Crippen LogP contribution in [0.5, 0.6) is 0 Å². The fourth-order valence-corrected chi connectivity index (χ4v) is 9.41. The topological polar surface area (TPSA) is 6.48 Å². The van der Waals surface area contributed by atoms with E-state index in [1.807, 2.05) is 11.3 Å². The van der Waals surface area contributed by atoms with Crippen molar-refractivity contribution in [3.63, 3.8) is 0 Å². The van der Waals surface area contributed by atoms with Gasteiger partial charge >= 0.3 is 0 Å². The highest BCUT2D eigenvalue weighted by Gasteiger charge is 2.35. The van der Waals surface area contributed by atoms with Gasteiger partial charge in [-0.15, -0.1) is 11.3 Å². The Morgan fingerprint density at radius 1 is 0.385 bits per heavy atom. The van der Waals surface area contributed by atoms with Crippen molar-refractivity contribution in [2.45, 2.75) is 19.3 Å². The van der Waals surface area contributed by atoms with Gasteiger partial charge in [0, 0.05) is 48.3 Å². The van der Waals surface area contributed by atoms with E-state index in [1.54, 1.807) is 0 Å². The zero-order valence-corrected chi connectivity index (χ0v) is 29.9. The average Bonchev–Trinajstić information content (AvgIpc) is 3.67. The van der Waals surface area contributed by atoms with E-state index in [9.17, 15) is 0 Å². The van der Waals surface area contributed by atoms with Crippen LogP contribution in [0.1, 0.15) is 25.0 Å². The smallest absolute Gasteiger partial charge is 0.0708 e. The van der Waals surface area contributed by atoms with E-state index >= 15 is 0 Å². The standard InChI is InChI=1S/C49H36N2S/c1-49(2)43-24-14-12-22-39(43)42-28-33-30-46(45(31-34(33)29-44(42)49)50(35-16-6-3-7-17-35)36-18-8-4-9-19-36)51(37-20-10-5-11-21-37)38-26-27-41-40-23-13-15-25-47(40)52-48(41)32-38/h3-32H,1-2H3. The molecule has 0 saturated heterocycles. The van der Waals surface area contributed by atoms with Gasteiger partial charge in [-0.25, -0.2) is 0 Å². The average molecular weight is 685 g/mol. The monoisotopic (exact) mass is 684 g/mol. The Labute approximate surface area is 308 Å². The van der Waals surface area contributed by atoms with E-state index in [0.29, 0.717) is 0 Å². The van der Waals surface area contributed by atoms with Crippen LogP contribution in [-0.2, 0) is 5.41 Å². The maximum Gasteiger partial charge on any atom is 0.0708 e. The van der Waals surface area contributed by atoms with Gasteiger partial charge in [0.05, 0.1) is 11.4 Å². The second kappa shape index (κ2) is 12.0. The van der Waals surface area contributed by atoms with Crippen LogP contribution < -0.4 is 9.80 Å². The normalized spacial score (nSPS) is 13.0. The summed E-state index contributed by atoms with van der Waals surface area (Å²) in [6.07, 6.45) is 0. The lowest BCUT2D eigenvalue weighted by molar-refractivity contribution is 0.661. The zero-order valence-electron chi connectivity index (χ0n) is 29.1. The molecule has 52 heavy (non-hydrogen) atoms. The summed E-state index contributed by atoms with van der Waals surface area (Å²) in [4.78, 5) is 4.86. The molecule has 1 aromatic heterocycles. The van der Waals surface area contributed by atoms with Gasteiger partial charge in [-0.3, -0.25) is 0 Å². The van der Waals surface area contributed by atoms with E-state index in [0.717, 1.165) is 34.1 Å². The van der Waals surface area contributed by atoms with Gasteiger partial charge < -0.3 is 9.80 Å². The van der Waals surface area contributed by atoms with E-state index in [2.05, 4.69) is 206 Å². The number of nitrogens with zero attached hydrogens (tertiary/aromatic N) is 2. The summed E-state index contributed by atoms with van der Waals surface area (Å²) in [7, 11) is 0. The predicted octanol–water partition coefficient (Wildman–Crippen LogP) is 14.5. The molecule has 0 unspecified atom stereocenters. The third kappa shape index (κ3) is 4.85. The van der Waals surface area contributed by atoms with E-state index in [4.69, 9.17) is 0 Å². The maximum absolute atomic E-state index is 2.45. The molecule has 0 aliphatic heterocycles. The third-order valence-corrected chi connectivity index (χ3v) is 11.9. The van der Waals surface area contributed by atoms with Gasteiger partial charge in [0.2, 0.25) is 0 Å². The first kappa shape index (κ1) is 30.6. The summed E-state index contributed by atoms with van der Waals surface area (Å²) < 4.78 is 2.59. The largest absolute Gasteiger partial charge is 0.308 e. The Hall–Kier alpha value is -6.16. The van der Waals surface area contributed by atoms with Crippen LogP contribution in [0, 0.1) is 0 Å². The number of fused-ring (bicyclic) bond motifs is 7. The van der Waals surface area contributed by atoms with Gasteiger partial charge in [-0.05, 0) is 112 Å². The summed E-state index contributed by atoms with van der Waals surface area (Å²) >= 11 is 1.86. The van der Waals surface area contributed by atoms with Crippen molar-refractivity contribution in [1.29, 1.82) is 0 Å². The minimum atomic E-state index is -0.0900. The molecule has 8 aromatic carbocycles. The minimum Gasteiger partial charge on any atom is -0.308 e. The number of rotatable bonds is 6. The van der Waals surface area contributed by atoms with Crippen LogP contribution in [0.15, 0.2) is 182 Å². The van der Waals surface area contributed by atoms with Crippen molar-refractivity contribution in [2.75, 3.05) is 9.80 Å². The Kier molecular flexibility index (Phi) is 7.06. The molecule has 0 bridgehead atoms. The first-order valence-corrected chi connectivity index (χ1v) is 18.8. The van der Waals surface area contributed by atoms with Crippen LogP contribution in [0.4, 0.5) is 34.1 Å². The number of anilines is 6. The van der Waals surface area contributed by atoms with Crippen molar-refractivity contribution in [3.8, 4) is 11.1 Å². The Morgan fingerprint density at radius 3 is 1.56 bits per heavy atom. The van der Waals surface area contributed by atoms with Crippen molar-refractivity contribution < 1.29 is 0 Å². The van der Waals surface area contributed by atoms with Crippen LogP contribution in [0.2, 0.25) is 0 Å². The molecule has 0 spiro atoms. The molecule has 2 nitrogen and oxygen atoms in total.